The lowest BCUT2D eigenvalue weighted by molar-refractivity contribution is -0.126. The standard InChI is InChI=1S/C20H28N2O3/c1-14-7-9-15(10-8-14)20(11-12-20)21-17(23)16-6-5-13-22(16)18(24)25-19(2,3)4/h7-10,16H,5-6,11-13H2,1-4H3,(H,21,23). The summed E-state index contributed by atoms with van der Waals surface area (Å²) in [5.74, 6) is -0.0681. The Labute approximate surface area is 149 Å². The Morgan fingerprint density at radius 2 is 1.84 bits per heavy atom. The van der Waals surface area contributed by atoms with E-state index in [9.17, 15) is 9.59 Å². The molecule has 2 amide bonds. The molecule has 1 aromatic carbocycles. The maximum absolute atomic E-state index is 12.9. The summed E-state index contributed by atoms with van der Waals surface area (Å²) >= 11 is 0. The summed E-state index contributed by atoms with van der Waals surface area (Å²) in [5, 5.41) is 3.20. The van der Waals surface area contributed by atoms with E-state index < -0.39 is 17.7 Å². The molecule has 0 aromatic heterocycles. The molecule has 1 unspecified atom stereocenters. The van der Waals surface area contributed by atoms with Crippen molar-refractivity contribution in [2.24, 2.45) is 0 Å². The fourth-order valence-corrected chi connectivity index (χ4v) is 3.38. The number of hydrogen-bond donors (Lipinski definition) is 1. The fourth-order valence-electron chi connectivity index (χ4n) is 3.38. The van der Waals surface area contributed by atoms with Crippen LogP contribution in [-0.2, 0) is 15.1 Å². The second-order valence-electron chi connectivity index (χ2n) is 8.27. The number of ether oxygens (including phenoxy) is 1. The third-order valence-corrected chi connectivity index (χ3v) is 4.90. The molecular weight excluding hydrogens is 316 g/mol. The van der Waals surface area contributed by atoms with Crippen molar-refractivity contribution in [3.8, 4) is 0 Å². The molecule has 3 rings (SSSR count). The van der Waals surface area contributed by atoms with Crippen LogP contribution < -0.4 is 5.32 Å². The molecule has 2 aliphatic rings. The molecule has 1 saturated heterocycles. The molecule has 0 bridgehead atoms. The molecular formula is C20H28N2O3. The van der Waals surface area contributed by atoms with Crippen LogP contribution in [0.2, 0.25) is 0 Å². The van der Waals surface area contributed by atoms with Crippen LogP contribution in [0.3, 0.4) is 0 Å². The normalized spacial score (nSPS) is 21.8. The number of nitrogens with one attached hydrogen (secondary N) is 1. The van der Waals surface area contributed by atoms with Gasteiger partial charge in [-0.25, -0.2) is 4.79 Å². The molecule has 0 spiro atoms. The van der Waals surface area contributed by atoms with Gasteiger partial charge in [-0.05, 0) is 58.9 Å². The first-order valence-corrected chi connectivity index (χ1v) is 9.09. The van der Waals surface area contributed by atoms with Crippen molar-refractivity contribution in [1.29, 1.82) is 0 Å². The van der Waals surface area contributed by atoms with E-state index in [-0.39, 0.29) is 11.4 Å². The minimum absolute atomic E-state index is 0.0681. The van der Waals surface area contributed by atoms with Crippen molar-refractivity contribution in [2.45, 2.75) is 70.6 Å². The fraction of sp³-hybridized carbons (Fsp3) is 0.600. The summed E-state index contributed by atoms with van der Waals surface area (Å²) in [6, 6.07) is 7.89. The Balaban J connectivity index is 1.68. The third-order valence-electron chi connectivity index (χ3n) is 4.90. The van der Waals surface area contributed by atoms with Gasteiger partial charge in [0.1, 0.15) is 11.6 Å². The molecule has 1 aliphatic carbocycles. The molecule has 0 radical (unpaired) electrons. The van der Waals surface area contributed by atoms with Crippen molar-refractivity contribution >= 4 is 12.0 Å². The zero-order valence-electron chi connectivity index (χ0n) is 15.6. The molecule has 1 atom stereocenters. The minimum Gasteiger partial charge on any atom is -0.444 e. The van der Waals surface area contributed by atoms with Crippen LogP contribution in [0.5, 0.6) is 0 Å². The van der Waals surface area contributed by atoms with Crippen molar-refractivity contribution in [3.63, 3.8) is 0 Å². The second kappa shape index (κ2) is 6.36. The SMILES string of the molecule is Cc1ccc(C2(NC(=O)C3CCCN3C(=O)OC(C)(C)C)CC2)cc1. The quantitative estimate of drug-likeness (QED) is 0.913. The minimum atomic E-state index is -0.555. The Morgan fingerprint density at radius 1 is 1.20 bits per heavy atom. The van der Waals surface area contributed by atoms with Crippen molar-refractivity contribution in [2.75, 3.05) is 6.54 Å². The van der Waals surface area contributed by atoms with Crippen LogP contribution in [-0.4, -0.2) is 35.1 Å². The Kier molecular flexibility index (Phi) is 4.52. The third kappa shape index (κ3) is 3.97. The van der Waals surface area contributed by atoms with Crippen LogP contribution in [0.4, 0.5) is 4.79 Å². The molecule has 2 fully saturated rings. The van der Waals surface area contributed by atoms with E-state index in [4.69, 9.17) is 4.74 Å². The van der Waals surface area contributed by atoms with Crippen LogP contribution in [0, 0.1) is 6.92 Å². The van der Waals surface area contributed by atoms with Gasteiger partial charge in [-0.2, -0.15) is 0 Å². The number of carbonyl (C=O) groups excluding carboxylic acids is 2. The van der Waals surface area contributed by atoms with Crippen LogP contribution in [0.15, 0.2) is 24.3 Å². The van der Waals surface area contributed by atoms with Crippen molar-refractivity contribution < 1.29 is 14.3 Å². The molecule has 1 N–H and O–H groups in total. The van der Waals surface area contributed by atoms with Gasteiger partial charge in [0.25, 0.3) is 0 Å². The summed E-state index contributed by atoms with van der Waals surface area (Å²) in [4.78, 5) is 26.8. The van der Waals surface area contributed by atoms with Gasteiger partial charge < -0.3 is 10.1 Å². The summed E-state index contributed by atoms with van der Waals surface area (Å²) in [7, 11) is 0. The smallest absolute Gasteiger partial charge is 0.410 e. The first-order valence-electron chi connectivity index (χ1n) is 9.09. The Morgan fingerprint density at radius 3 is 2.40 bits per heavy atom. The lowest BCUT2D eigenvalue weighted by atomic mass is 10.0. The van der Waals surface area contributed by atoms with Gasteiger partial charge in [-0.15, -0.1) is 0 Å². The van der Waals surface area contributed by atoms with E-state index in [1.807, 2.05) is 20.8 Å². The number of aryl methyl sites for hydroxylation is 1. The lowest BCUT2D eigenvalue weighted by Crippen LogP contribution is -2.50. The topological polar surface area (TPSA) is 58.6 Å². The predicted molar refractivity (Wildman–Crippen MR) is 96.2 cm³/mol. The number of amides is 2. The maximum atomic E-state index is 12.9. The molecule has 25 heavy (non-hydrogen) atoms. The lowest BCUT2D eigenvalue weighted by Gasteiger charge is -2.29. The van der Waals surface area contributed by atoms with E-state index in [1.165, 1.54) is 5.56 Å². The number of nitrogens with zero attached hydrogens (tertiary/aromatic N) is 1. The first-order chi connectivity index (χ1) is 11.7. The summed E-state index contributed by atoms with van der Waals surface area (Å²) in [5.41, 5.74) is 1.54. The number of benzene rings is 1. The van der Waals surface area contributed by atoms with E-state index in [0.717, 1.165) is 24.8 Å². The molecule has 136 valence electrons. The number of likely N-dealkylation sites (tertiary alicyclic amines) is 1. The summed E-state index contributed by atoms with van der Waals surface area (Å²) in [6.45, 7) is 8.15. The van der Waals surface area contributed by atoms with Crippen molar-refractivity contribution in [1.82, 2.24) is 10.2 Å². The molecule has 1 aliphatic heterocycles. The van der Waals surface area contributed by atoms with Gasteiger partial charge in [0.2, 0.25) is 5.91 Å². The molecule has 1 saturated carbocycles. The monoisotopic (exact) mass is 344 g/mol. The highest BCUT2D eigenvalue weighted by molar-refractivity contribution is 5.87. The highest BCUT2D eigenvalue weighted by Gasteiger charge is 2.48. The summed E-state index contributed by atoms with van der Waals surface area (Å²) in [6.07, 6.45) is 3.01. The average molecular weight is 344 g/mol. The van der Waals surface area contributed by atoms with Gasteiger partial charge >= 0.3 is 6.09 Å². The Hall–Kier alpha value is -2.04. The maximum Gasteiger partial charge on any atom is 0.410 e. The van der Waals surface area contributed by atoms with Crippen molar-refractivity contribution in [3.05, 3.63) is 35.4 Å². The number of carbonyl (C=O) groups is 2. The van der Waals surface area contributed by atoms with Gasteiger partial charge in [0.15, 0.2) is 0 Å². The number of rotatable bonds is 3. The van der Waals surface area contributed by atoms with Gasteiger partial charge in [-0.3, -0.25) is 9.69 Å². The van der Waals surface area contributed by atoms with Crippen LogP contribution >= 0.6 is 0 Å². The summed E-state index contributed by atoms with van der Waals surface area (Å²) < 4.78 is 5.45. The molecule has 5 heteroatoms. The van der Waals surface area contributed by atoms with E-state index >= 15 is 0 Å². The molecule has 1 heterocycles. The van der Waals surface area contributed by atoms with Gasteiger partial charge in [0.05, 0.1) is 5.54 Å². The van der Waals surface area contributed by atoms with E-state index in [2.05, 4.69) is 36.5 Å². The Bertz CT molecular complexity index is 657. The highest BCUT2D eigenvalue weighted by atomic mass is 16.6. The largest absolute Gasteiger partial charge is 0.444 e. The highest BCUT2D eigenvalue weighted by Crippen LogP contribution is 2.45. The predicted octanol–water partition coefficient (Wildman–Crippen LogP) is 3.50. The molecule has 5 nitrogen and oxygen atoms in total. The first kappa shape index (κ1) is 17.8. The van der Waals surface area contributed by atoms with Crippen LogP contribution in [0.1, 0.15) is 57.6 Å². The van der Waals surface area contributed by atoms with Gasteiger partial charge in [0, 0.05) is 6.54 Å². The van der Waals surface area contributed by atoms with E-state index in [1.54, 1.807) is 4.90 Å². The second-order valence-corrected chi connectivity index (χ2v) is 8.27. The average Bonchev–Trinajstić information content (AvgIpc) is 3.11. The van der Waals surface area contributed by atoms with Gasteiger partial charge in [-0.1, -0.05) is 29.8 Å². The van der Waals surface area contributed by atoms with Crippen LogP contribution in [0.25, 0.3) is 0 Å². The van der Waals surface area contributed by atoms with E-state index in [0.29, 0.717) is 13.0 Å². The zero-order valence-corrected chi connectivity index (χ0v) is 15.6. The molecule has 1 aromatic rings. The number of hydrogen-bond acceptors (Lipinski definition) is 3. The zero-order chi connectivity index (χ0) is 18.2.